The molecule has 20 heavy (non-hydrogen) atoms. The van der Waals surface area contributed by atoms with Crippen LogP contribution in [0.4, 0.5) is 5.82 Å². The Morgan fingerprint density at radius 2 is 1.95 bits per heavy atom. The molecular weight excluding hydrogens is 252 g/mol. The Bertz CT molecular complexity index is 689. The fourth-order valence-corrected chi connectivity index (χ4v) is 1.83. The molecule has 5 heteroatoms. The third kappa shape index (κ3) is 2.69. The summed E-state index contributed by atoms with van der Waals surface area (Å²) < 4.78 is 5.86. The zero-order valence-corrected chi connectivity index (χ0v) is 12.0. The van der Waals surface area contributed by atoms with E-state index in [4.69, 9.17) is 10.00 Å². The molecule has 0 bridgehead atoms. The van der Waals surface area contributed by atoms with Gasteiger partial charge in [-0.05, 0) is 38.5 Å². The second-order valence-corrected chi connectivity index (χ2v) is 4.49. The van der Waals surface area contributed by atoms with Gasteiger partial charge in [-0.3, -0.25) is 0 Å². The molecule has 1 N–H and O–H groups in total. The average Bonchev–Trinajstić information content (AvgIpc) is 2.44. The Morgan fingerprint density at radius 3 is 2.60 bits per heavy atom. The van der Waals surface area contributed by atoms with E-state index in [0.29, 0.717) is 23.0 Å². The number of aryl methyl sites for hydroxylation is 2. The van der Waals surface area contributed by atoms with Gasteiger partial charge in [-0.1, -0.05) is 6.07 Å². The number of rotatable bonds is 3. The van der Waals surface area contributed by atoms with E-state index >= 15 is 0 Å². The van der Waals surface area contributed by atoms with Crippen LogP contribution in [0.3, 0.4) is 0 Å². The Hall–Kier alpha value is -2.61. The highest BCUT2D eigenvalue weighted by atomic mass is 16.5. The van der Waals surface area contributed by atoms with Gasteiger partial charge in [-0.15, -0.1) is 0 Å². The number of aromatic nitrogens is 2. The molecule has 1 heterocycles. The highest BCUT2D eigenvalue weighted by Gasteiger charge is 2.12. The van der Waals surface area contributed by atoms with Crippen LogP contribution in [-0.4, -0.2) is 17.0 Å². The lowest BCUT2D eigenvalue weighted by atomic mass is 10.1. The molecule has 0 unspecified atom stereocenters. The van der Waals surface area contributed by atoms with Gasteiger partial charge >= 0.3 is 0 Å². The lowest BCUT2D eigenvalue weighted by molar-refractivity contribution is 0.452. The van der Waals surface area contributed by atoms with Gasteiger partial charge in [0.2, 0.25) is 5.88 Å². The normalized spacial score (nSPS) is 9.95. The van der Waals surface area contributed by atoms with Crippen molar-refractivity contribution in [2.45, 2.75) is 20.8 Å². The van der Waals surface area contributed by atoms with Crippen LogP contribution in [0.5, 0.6) is 11.6 Å². The summed E-state index contributed by atoms with van der Waals surface area (Å²) in [5.74, 6) is 2.50. The summed E-state index contributed by atoms with van der Waals surface area (Å²) in [6, 6.07) is 7.44. The van der Waals surface area contributed by atoms with Crippen molar-refractivity contribution in [3.8, 4) is 17.7 Å². The van der Waals surface area contributed by atoms with Crippen LogP contribution in [-0.2, 0) is 0 Å². The second kappa shape index (κ2) is 5.57. The number of hydrogen-bond acceptors (Lipinski definition) is 5. The van der Waals surface area contributed by atoms with E-state index in [2.05, 4.69) is 21.4 Å². The van der Waals surface area contributed by atoms with Gasteiger partial charge in [0.25, 0.3) is 0 Å². The number of benzene rings is 1. The van der Waals surface area contributed by atoms with Crippen LogP contribution in [0, 0.1) is 32.1 Å². The van der Waals surface area contributed by atoms with Crippen molar-refractivity contribution in [1.82, 2.24) is 9.97 Å². The topological polar surface area (TPSA) is 70.8 Å². The quantitative estimate of drug-likeness (QED) is 0.926. The summed E-state index contributed by atoms with van der Waals surface area (Å²) in [5, 5.41) is 12.0. The van der Waals surface area contributed by atoms with Crippen molar-refractivity contribution >= 4 is 5.82 Å². The molecule has 0 radical (unpaired) electrons. The summed E-state index contributed by atoms with van der Waals surface area (Å²) in [7, 11) is 1.81. The lowest BCUT2D eigenvalue weighted by Crippen LogP contribution is -2.03. The minimum absolute atomic E-state index is 0.500. The summed E-state index contributed by atoms with van der Waals surface area (Å²) >= 11 is 0. The van der Waals surface area contributed by atoms with Gasteiger partial charge in [0, 0.05) is 7.05 Å². The van der Waals surface area contributed by atoms with Crippen molar-refractivity contribution in [1.29, 1.82) is 5.26 Å². The smallest absolute Gasteiger partial charge is 0.227 e. The maximum absolute atomic E-state index is 8.96. The van der Waals surface area contributed by atoms with Gasteiger partial charge in [-0.25, -0.2) is 4.98 Å². The minimum Gasteiger partial charge on any atom is -0.438 e. The van der Waals surface area contributed by atoms with Crippen LogP contribution in [0.1, 0.15) is 22.5 Å². The second-order valence-electron chi connectivity index (χ2n) is 4.49. The van der Waals surface area contributed by atoms with Crippen molar-refractivity contribution in [3.63, 3.8) is 0 Å². The molecule has 0 saturated heterocycles. The van der Waals surface area contributed by atoms with Gasteiger partial charge in [0.05, 0.1) is 17.2 Å². The third-order valence-electron chi connectivity index (χ3n) is 2.97. The maximum Gasteiger partial charge on any atom is 0.227 e. The number of nitriles is 1. The summed E-state index contributed by atoms with van der Waals surface area (Å²) in [4.78, 5) is 8.61. The Balaban J connectivity index is 2.45. The Kier molecular flexibility index (Phi) is 3.85. The van der Waals surface area contributed by atoms with Gasteiger partial charge < -0.3 is 10.1 Å². The molecule has 2 aromatic rings. The zero-order chi connectivity index (χ0) is 14.7. The first-order valence-corrected chi connectivity index (χ1v) is 6.26. The van der Waals surface area contributed by atoms with Crippen molar-refractivity contribution in [2.75, 3.05) is 12.4 Å². The Morgan fingerprint density at radius 1 is 1.20 bits per heavy atom. The predicted molar refractivity (Wildman–Crippen MR) is 77.0 cm³/mol. The summed E-state index contributed by atoms with van der Waals surface area (Å²) in [6.07, 6.45) is 0. The zero-order valence-electron chi connectivity index (χ0n) is 12.0. The third-order valence-corrected chi connectivity index (χ3v) is 2.97. The van der Waals surface area contributed by atoms with E-state index in [0.717, 1.165) is 16.9 Å². The molecule has 102 valence electrons. The summed E-state index contributed by atoms with van der Waals surface area (Å²) in [6.45, 7) is 5.63. The number of nitrogens with zero attached hydrogens (tertiary/aromatic N) is 3. The molecule has 5 nitrogen and oxygen atoms in total. The van der Waals surface area contributed by atoms with E-state index < -0.39 is 0 Å². The molecule has 1 aromatic heterocycles. The van der Waals surface area contributed by atoms with Crippen molar-refractivity contribution < 1.29 is 4.74 Å². The standard InChI is InChI=1S/C15H16N4O/c1-9-5-6-12(8-16)7-13(9)20-15-10(2)14(17-4)18-11(3)19-15/h5-7H,1-4H3,(H,17,18,19). The molecular formula is C15H16N4O. The van der Waals surface area contributed by atoms with E-state index in [1.807, 2.05) is 26.8 Å². The van der Waals surface area contributed by atoms with Gasteiger partial charge in [0.15, 0.2) is 0 Å². The first kappa shape index (κ1) is 13.8. The first-order valence-electron chi connectivity index (χ1n) is 6.26. The number of nitrogens with one attached hydrogen (secondary N) is 1. The molecule has 1 aromatic carbocycles. The van der Waals surface area contributed by atoms with E-state index in [1.165, 1.54) is 0 Å². The van der Waals surface area contributed by atoms with E-state index in [-0.39, 0.29) is 0 Å². The predicted octanol–water partition coefficient (Wildman–Crippen LogP) is 3.11. The van der Waals surface area contributed by atoms with E-state index in [1.54, 1.807) is 19.2 Å². The Labute approximate surface area is 118 Å². The lowest BCUT2D eigenvalue weighted by Gasteiger charge is -2.13. The highest BCUT2D eigenvalue weighted by Crippen LogP contribution is 2.29. The average molecular weight is 268 g/mol. The highest BCUT2D eigenvalue weighted by molar-refractivity contribution is 5.50. The fourth-order valence-electron chi connectivity index (χ4n) is 1.83. The van der Waals surface area contributed by atoms with Crippen LogP contribution >= 0.6 is 0 Å². The number of ether oxygens (including phenoxy) is 1. The molecule has 0 amide bonds. The van der Waals surface area contributed by atoms with Crippen LogP contribution in [0.2, 0.25) is 0 Å². The largest absolute Gasteiger partial charge is 0.438 e. The maximum atomic E-state index is 8.96. The molecule has 0 fully saturated rings. The first-order chi connectivity index (χ1) is 9.55. The summed E-state index contributed by atoms with van der Waals surface area (Å²) in [5.41, 5.74) is 2.34. The molecule has 0 saturated carbocycles. The number of hydrogen-bond donors (Lipinski definition) is 1. The van der Waals surface area contributed by atoms with Crippen molar-refractivity contribution in [2.24, 2.45) is 0 Å². The molecule has 0 aliphatic heterocycles. The molecule has 2 rings (SSSR count). The van der Waals surface area contributed by atoms with Crippen LogP contribution < -0.4 is 10.1 Å². The molecule has 0 spiro atoms. The molecule has 0 aliphatic rings. The van der Waals surface area contributed by atoms with Gasteiger partial charge in [-0.2, -0.15) is 10.2 Å². The van der Waals surface area contributed by atoms with Crippen molar-refractivity contribution in [3.05, 3.63) is 40.7 Å². The molecule has 0 aliphatic carbocycles. The number of anilines is 1. The van der Waals surface area contributed by atoms with E-state index in [9.17, 15) is 0 Å². The van der Waals surface area contributed by atoms with Gasteiger partial charge in [0.1, 0.15) is 17.4 Å². The fraction of sp³-hybridized carbons (Fsp3) is 0.267. The van der Waals surface area contributed by atoms with Crippen LogP contribution in [0.15, 0.2) is 18.2 Å². The minimum atomic E-state index is 0.500. The molecule has 0 atom stereocenters. The SMILES string of the molecule is CNc1nc(C)nc(Oc2cc(C#N)ccc2C)c1C. The van der Waals surface area contributed by atoms with Crippen LogP contribution in [0.25, 0.3) is 0 Å². The monoisotopic (exact) mass is 268 g/mol.